The molecule has 0 aromatic carbocycles. The normalized spacial score (nSPS) is 9.00. The van der Waals surface area contributed by atoms with Crippen molar-refractivity contribution in [3.8, 4) is 0 Å². The predicted octanol–water partition coefficient (Wildman–Crippen LogP) is 0.405. The fourth-order valence-electron chi connectivity index (χ4n) is 0.224. The third-order valence-electron chi connectivity index (χ3n) is 0.566. The molecule has 0 heterocycles. The first-order valence-corrected chi connectivity index (χ1v) is 4.79. The van der Waals surface area contributed by atoms with E-state index in [9.17, 15) is 0 Å². The van der Waals surface area contributed by atoms with E-state index in [-0.39, 0.29) is 0 Å². The van der Waals surface area contributed by atoms with E-state index in [2.05, 4.69) is 32.0 Å². The quantitative estimate of drug-likeness (QED) is 0.473. The maximum atomic E-state index is 2.60. The summed E-state index contributed by atoms with van der Waals surface area (Å²) < 4.78 is 0. The van der Waals surface area contributed by atoms with E-state index >= 15 is 0 Å². The molecule has 0 saturated heterocycles. The molecule has 0 amide bonds. The Kier molecular flexibility index (Phi) is 7.08. The van der Waals surface area contributed by atoms with Crippen molar-refractivity contribution in [3.63, 3.8) is 0 Å². The summed E-state index contributed by atoms with van der Waals surface area (Å²) in [6.45, 7) is 0. The third kappa shape index (κ3) is 5.04. The molecule has 0 N–H and O–H groups in total. The first-order valence-electron chi connectivity index (χ1n) is 2.13. The molecular weight excluding hydrogens is 206 g/mol. The van der Waals surface area contributed by atoms with Gasteiger partial charge in [0.1, 0.15) is 0 Å². The summed E-state index contributed by atoms with van der Waals surface area (Å²) >= 11 is 5.20. The minimum absolute atomic E-state index is 1.28. The van der Waals surface area contributed by atoms with Gasteiger partial charge in [0.25, 0.3) is 0 Å². The van der Waals surface area contributed by atoms with Crippen molar-refractivity contribution >= 4 is 32.0 Å². The van der Waals surface area contributed by atoms with Crippen LogP contribution in [0.15, 0.2) is 0 Å². The van der Waals surface area contributed by atoms with Gasteiger partial charge in [-0.1, -0.05) is 0 Å². The van der Waals surface area contributed by atoms with Crippen LogP contribution in [0.25, 0.3) is 0 Å². The van der Waals surface area contributed by atoms with E-state index in [0.29, 0.717) is 0 Å². The van der Waals surface area contributed by atoms with Crippen LogP contribution in [0.3, 0.4) is 0 Å². The summed E-state index contributed by atoms with van der Waals surface area (Å²) in [4.78, 5) is 0. The van der Waals surface area contributed by atoms with Crippen LogP contribution in [-0.4, -0.2) is 32.0 Å². The Labute approximate surface area is 55.7 Å². The van der Waals surface area contributed by atoms with Gasteiger partial charge in [-0.15, -0.1) is 0 Å². The molecule has 0 aliphatic heterocycles. The van der Waals surface area contributed by atoms with Crippen molar-refractivity contribution in [2.75, 3.05) is 0 Å². The molecule has 0 aliphatic rings. The van der Waals surface area contributed by atoms with Crippen LogP contribution in [0.1, 0.15) is 12.8 Å². The second-order valence-corrected chi connectivity index (χ2v) is 3.03. The molecule has 0 saturated carbocycles. The van der Waals surface area contributed by atoms with Crippen LogP contribution in [-0.2, 0) is 0 Å². The van der Waals surface area contributed by atoms with Gasteiger partial charge in [-0.05, 0) is 0 Å². The average Bonchev–Trinajstić information content (AvgIpc) is 1.61. The van der Waals surface area contributed by atoms with Crippen molar-refractivity contribution in [1.29, 1.82) is 0 Å². The summed E-state index contributed by atoms with van der Waals surface area (Å²) in [6, 6.07) is 0. The molecule has 0 atom stereocenters. The van der Waals surface area contributed by atoms with Crippen LogP contribution in [0.2, 0.25) is 10.6 Å². The second-order valence-electron chi connectivity index (χ2n) is 1.15. The van der Waals surface area contributed by atoms with Gasteiger partial charge in [-0.25, -0.2) is 0 Å². The fourth-order valence-corrected chi connectivity index (χ4v) is 1.16. The third-order valence-corrected chi connectivity index (χ3v) is 1.89. The van der Waals surface area contributed by atoms with Crippen LogP contribution in [0.5, 0.6) is 0 Å². The Bertz CT molecular complexity index is 17.5. The van der Waals surface area contributed by atoms with Crippen LogP contribution < -0.4 is 0 Å². The molecule has 0 spiro atoms. The van der Waals surface area contributed by atoms with Gasteiger partial charge < -0.3 is 0 Å². The molecule has 6 heavy (non-hydrogen) atoms. The number of hydrogen-bond acceptors (Lipinski definition) is 0. The summed E-state index contributed by atoms with van der Waals surface area (Å²) in [5, 5.41) is 2.56. The molecule has 0 bridgehead atoms. The van der Waals surface area contributed by atoms with Gasteiger partial charge in [-0.2, -0.15) is 0 Å². The maximum absolute atomic E-state index is 2.60. The molecule has 0 rings (SSSR count). The minimum atomic E-state index is 1.28. The van der Waals surface area contributed by atoms with E-state index in [1.54, 1.807) is 0 Å². The Hall–Kier alpha value is 1.04. The van der Waals surface area contributed by atoms with E-state index in [0.717, 1.165) is 0 Å². The molecule has 0 unspecified atom stereocenters. The second kappa shape index (κ2) is 6.04. The Morgan fingerprint density at radius 1 is 0.833 bits per heavy atom. The van der Waals surface area contributed by atoms with E-state index in [1.807, 2.05) is 0 Å². The molecular formula is C4H10Se2. The summed E-state index contributed by atoms with van der Waals surface area (Å²) in [5.41, 5.74) is 0. The number of hydrogen-bond donors (Lipinski definition) is 0. The van der Waals surface area contributed by atoms with Crippen LogP contribution in [0, 0.1) is 0 Å². The first-order chi connectivity index (χ1) is 2.91. The van der Waals surface area contributed by atoms with Gasteiger partial charge in [-0.3, -0.25) is 0 Å². The SMILES string of the molecule is [SeH]CCCC[SeH]. The zero-order valence-electron chi connectivity index (χ0n) is 3.72. The molecule has 38 valence electrons. The van der Waals surface area contributed by atoms with Crippen LogP contribution in [0.4, 0.5) is 0 Å². The molecule has 0 aromatic heterocycles. The van der Waals surface area contributed by atoms with Crippen molar-refractivity contribution in [1.82, 2.24) is 0 Å². The van der Waals surface area contributed by atoms with Crippen molar-refractivity contribution in [3.05, 3.63) is 0 Å². The summed E-state index contributed by atoms with van der Waals surface area (Å²) in [5.74, 6) is 0. The van der Waals surface area contributed by atoms with Gasteiger partial charge in [0.15, 0.2) is 0 Å². The van der Waals surface area contributed by atoms with Gasteiger partial charge in [0.05, 0.1) is 0 Å². The predicted molar refractivity (Wildman–Crippen MR) is 33.1 cm³/mol. The van der Waals surface area contributed by atoms with Gasteiger partial charge in [0, 0.05) is 0 Å². The fraction of sp³-hybridized carbons (Fsp3) is 1.00. The van der Waals surface area contributed by atoms with Crippen molar-refractivity contribution in [2.24, 2.45) is 0 Å². The molecule has 0 nitrogen and oxygen atoms in total. The number of rotatable bonds is 3. The molecule has 2 heteroatoms. The monoisotopic (exact) mass is 218 g/mol. The van der Waals surface area contributed by atoms with E-state index in [4.69, 9.17) is 0 Å². The first kappa shape index (κ1) is 7.04. The Balaban J connectivity index is 2.34. The molecule has 0 aliphatic carbocycles. The molecule has 0 aromatic rings. The number of unbranched alkanes of at least 4 members (excludes halogenated alkanes) is 1. The van der Waals surface area contributed by atoms with E-state index < -0.39 is 0 Å². The molecule has 0 fully saturated rings. The average molecular weight is 216 g/mol. The van der Waals surface area contributed by atoms with E-state index in [1.165, 1.54) is 23.5 Å². The zero-order valence-corrected chi connectivity index (χ0v) is 7.48. The van der Waals surface area contributed by atoms with Crippen molar-refractivity contribution in [2.45, 2.75) is 23.5 Å². The van der Waals surface area contributed by atoms with Gasteiger partial charge in [0.2, 0.25) is 0 Å². The van der Waals surface area contributed by atoms with Crippen molar-refractivity contribution < 1.29 is 0 Å². The molecule has 0 radical (unpaired) electrons. The van der Waals surface area contributed by atoms with Crippen LogP contribution >= 0.6 is 0 Å². The summed E-state index contributed by atoms with van der Waals surface area (Å²) in [7, 11) is 0. The van der Waals surface area contributed by atoms with Gasteiger partial charge >= 0.3 is 55.5 Å². The summed E-state index contributed by atoms with van der Waals surface area (Å²) in [6.07, 6.45) is 2.74. The topological polar surface area (TPSA) is 0 Å². The Morgan fingerprint density at radius 3 is 1.33 bits per heavy atom. The zero-order chi connectivity index (χ0) is 4.83. The Morgan fingerprint density at radius 2 is 1.17 bits per heavy atom. The standard InChI is InChI=1S/C4H10Se2/c5-3-1-2-4-6/h5-6H,1-4H2.